The number of carboxylic acid groups (broad SMARTS) is 1. The molecule has 2 N–H and O–H groups in total. The van der Waals surface area contributed by atoms with E-state index in [9.17, 15) is 9.59 Å². The number of aromatic amines is 1. The summed E-state index contributed by atoms with van der Waals surface area (Å²) in [5, 5.41) is 26.2. The Morgan fingerprint density at radius 2 is 2.16 bits per heavy atom. The second kappa shape index (κ2) is 4.96. The van der Waals surface area contributed by atoms with Crippen molar-refractivity contribution in [1.82, 2.24) is 30.4 Å². The smallest absolute Gasteiger partial charge is 0.308 e. The lowest BCUT2D eigenvalue weighted by Crippen LogP contribution is -2.23. The normalized spacial score (nSPS) is 14.0. The Bertz CT molecular complexity index is 628. The van der Waals surface area contributed by atoms with E-state index in [0.717, 1.165) is 0 Å². The molecule has 2 aromatic heterocycles. The van der Waals surface area contributed by atoms with Crippen LogP contribution >= 0.6 is 0 Å². The SMILES string of the molecule is CC(C(=O)O)C(C)n1nnnc1-c1ccc(=O)[nH]n1. The van der Waals surface area contributed by atoms with Gasteiger partial charge in [0.15, 0.2) is 0 Å². The van der Waals surface area contributed by atoms with E-state index in [1.165, 1.54) is 16.8 Å². The lowest BCUT2D eigenvalue weighted by molar-refractivity contribution is -0.142. The first-order chi connectivity index (χ1) is 9.00. The summed E-state index contributed by atoms with van der Waals surface area (Å²) in [6.45, 7) is 3.27. The topological polar surface area (TPSA) is 127 Å². The fraction of sp³-hybridized carbons (Fsp3) is 0.400. The second-order valence-corrected chi connectivity index (χ2v) is 4.12. The lowest BCUT2D eigenvalue weighted by atomic mass is 10.0. The summed E-state index contributed by atoms with van der Waals surface area (Å²) >= 11 is 0. The quantitative estimate of drug-likeness (QED) is 0.776. The molecule has 0 fully saturated rings. The molecule has 0 saturated heterocycles. The predicted octanol–water partition coefficient (Wildman–Crippen LogP) is -0.295. The Morgan fingerprint density at radius 3 is 2.74 bits per heavy atom. The first kappa shape index (κ1) is 12.9. The molecule has 0 spiro atoms. The number of hydrogen-bond acceptors (Lipinski definition) is 6. The molecule has 0 saturated carbocycles. The van der Waals surface area contributed by atoms with E-state index >= 15 is 0 Å². The van der Waals surface area contributed by atoms with Gasteiger partial charge in [-0.25, -0.2) is 9.78 Å². The number of nitrogens with one attached hydrogen (secondary N) is 1. The van der Waals surface area contributed by atoms with Crippen LogP contribution in [0.1, 0.15) is 19.9 Å². The van der Waals surface area contributed by atoms with Crippen LogP contribution in [0.5, 0.6) is 0 Å². The second-order valence-electron chi connectivity index (χ2n) is 4.12. The van der Waals surface area contributed by atoms with Gasteiger partial charge in [-0.2, -0.15) is 5.10 Å². The van der Waals surface area contributed by atoms with Gasteiger partial charge in [0.1, 0.15) is 5.69 Å². The van der Waals surface area contributed by atoms with Gasteiger partial charge < -0.3 is 5.11 Å². The van der Waals surface area contributed by atoms with Crippen molar-refractivity contribution in [3.63, 3.8) is 0 Å². The molecule has 2 rings (SSSR count). The van der Waals surface area contributed by atoms with Gasteiger partial charge in [0.05, 0.1) is 12.0 Å². The number of nitrogens with zero attached hydrogens (tertiary/aromatic N) is 5. The minimum Gasteiger partial charge on any atom is -0.481 e. The Hall–Kier alpha value is -2.58. The molecule has 2 heterocycles. The molecular formula is C10H12N6O3. The number of tetrazole rings is 1. The van der Waals surface area contributed by atoms with Crippen LogP contribution in [0.4, 0.5) is 0 Å². The van der Waals surface area contributed by atoms with E-state index in [2.05, 4.69) is 25.7 Å². The van der Waals surface area contributed by atoms with Crippen LogP contribution in [0.25, 0.3) is 11.5 Å². The summed E-state index contributed by atoms with van der Waals surface area (Å²) in [4.78, 5) is 21.9. The summed E-state index contributed by atoms with van der Waals surface area (Å²) in [7, 11) is 0. The van der Waals surface area contributed by atoms with Gasteiger partial charge in [0, 0.05) is 6.07 Å². The Kier molecular flexibility index (Phi) is 3.36. The Balaban J connectivity index is 2.40. The van der Waals surface area contributed by atoms with E-state index in [1.807, 2.05) is 0 Å². The highest BCUT2D eigenvalue weighted by Crippen LogP contribution is 2.21. The molecule has 0 aliphatic heterocycles. The molecule has 2 aromatic rings. The van der Waals surface area contributed by atoms with Gasteiger partial charge in [-0.1, -0.05) is 0 Å². The molecule has 9 heteroatoms. The van der Waals surface area contributed by atoms with Crippen LogP contribution in [-0.2, 0) is 4.79 Å². The van der Waals surface area contributed by atoms with Gasteiger partial charge in [-0.05, 0) is 30.3 Å². The van der Waals surface area contributed by atoms with Gasteiger partial charge in [-0.15, -0.1) is 5.10 Å². The summed E-state index contributed by atoms with van der Waals surface area (Å²) in [6.07, 6.45) is 0. The third kappa shape index (κ3) is 2.49. The van der Waals surface area contributed by atoms with E-state index in [-0.39, 0.29) is 5.56 Å². The molecule has 0 aliphatic rings. The van der Waals surface area contributed by atoms with Crippen molar-refractivity contribution < 1.29 is 9.90 Å². The van der Waals surface area contributed by atoms with E-state index in [1.54, 1.807) is 13.8 Å². The van der Waals surface area contributed by atoms with Gasteiger partial charge >= 0.3 is 5.97 Å². The van der Waals surface area contributed by atoms with Crippen LogP contribution in [0, 0.1) is 5.92 Å². The van der Waals surface area contributed by atoms with Crippen molar-refractivity contribution in [2.24, 2.45) is 5.92 Å². The first-order valence-corrected chi connectivity index (χ1v) is 5.57. The first-order valence-electron chi connectivity index (χ1n) is 5.57. The molecule has 100 valence electrons. The fourth-order valence-corrected chi connectivity index (χ4v) is 1.52. The van der Waals surface area contributed by atoms with Crippen molar-refractivity contribution in [1.29, 1.82) is 0 Å². The van der Waals surface area contributed by atoms with Gasteiger partial charge in [0.25, 0.3) is 5.56 Å². The number of carboxylic acids is 1. The number of rotatable bonds is 4. The van der Waals surface area contributed by atoms with E-state index in [0.29, 0.717) is 11.5 Å². The zero-order valence-corrected chi connectivity index (χ0v) is 10.3. The summed E-state index contributed by atoms with van der Waals surface area (Å²) in [5.41, 5.74) is 0.0313. The van der Waals surface area contributed by atoms with Crippen LogP contribution in [-0.4, -0.2) is 41.5 Å². The summed E-state index contributed by atoms with van der Waals surface area (Å²) in [5.74, 6) is -1.30. The highest BCUT2D eigenvalue weighted by Gasteiger charge is 2.25. The van der Waals surface area contributed by atoms with Crippen LogP contribution in [0.2, 0.25) is 0 Å². The lowest BCUT2D eigenvalue weighted by Gasteiger charge is -2.16. The van der Waals surface area contributed by atoms with Gasteiger partial charge in [-0.3, -0.25) is 9.59 Å². The average Bonchev–Trinajstić information content (AvgIpc) is 2.87. The van der Waals surface area contributed by atoms with Crippen molar-refractivity contribution in [3.8, 4) is 11.5 Å². The molecule has 0 bridgehead atoms. The minimum absolute atomic E-state index is 0.303. The van der Waals surface area contributed by atoms with Crippen molar-refractivity contribution in [2.75, 3.05) is 0 Å². The number of H-pyrrole nitrogens is 1. The molecule has 0 aromatic carbocycles. The zero-order valence-electron chi connectivity index (χ0n) is 10.3. The monoisotopic (exact) mass is 264 g/mol. The molecule has 2 unspecified atom stereocenters. The third-order valence-electron chi connectivity index (χ3n) is 2.90. The minimum atomic E-state index is -0.941. The van der Waals surface area contributed by atoms with Crippen LogP contribution in [0.15, 0.2) is 16.9 Å². The maximum Gasteiger partial charge on any atom is 0.308 e. The van der Waals surface area contributed by atoms with Crippen LogP contribution < -0.4 is 5.56 Å². The summed E-state index contributed by atoms with van der Waals surface area (Å²) in [6, 6.07) is 2.32. The highest BCUT2D eigenvalue weighted by molar-refractivity contribution is 5.70. The molecule has 2 atom stereocenters. The number of carbonyl (C=O) groups is 1. The van der Waals surface area contributed by atoms with E-state index in [4.69, 9.17) is 5.11 Å². The van der Waals surface area contributed by atoms with Crippen molar-refractivity contribution >= 4 is 5.97 Å². The van der Waals surface area contributed by atoms with Crippen molar-refractivity contribution in [2.45, 2.75) is 19.9 Å². The van der Waals surface area contributed by atoms with Crippen LogP contribution in [0.3, 0.4) is 0 Å². The highest BCUT2D eigenvalue weighted by atomic mass is 16.4. The predicted molar refractivity (Wildman–Crippen MR) is 63.2 cm³/mol. The molecular weight excluding hydrogens is 252 g/mol. The van der Waals surface area contributed by atoms with E-state index < -0.39 is 17.9 Å². The Morgan fingerprint density at radius 1 is 1.42 bits per heavy atom. The third-order valence-corrected chi connectivity index (χ3v) is 2.90. The molecule has 0 amide bonds. The number of aliphatic carboxylic acids is 1. The van der Waals surface area contributed by atoms with Crippen molar-refractivity contribution in [3.05, 3.63) is 22.5 Å². The largest absolute Gasteiger partial charge is 0.481 e. The van der Waals surface area contributed by atoms with Gasteiger partial charge in [0.2, 0.25) is 5.82 Å². The number of hydrogen-bond donors (Lipinski definition) is 2. The zero-order chi connectivity index (χ0) is 14.0. The molecule has 0 radical (unpaired) electrons. The molecule has 9 nitrogen and oxygen atoms in total. The maximum atomic E-state index is 11.0. The molecule has 0 aliphatic carbocycles. The number of aromatic nitrogens is 6. The molecule has 19 heavy (non-hydrogen) atoms. The Labute approximate surface area is 107 Å². The maximum absolute atomic E-state index is 11.0. The standard InChI is InChI=1S/C10H12N6O3/c1-5(10(18)19)6(2)16-9(13-14-15-16)7-3-4-8(17)12-11-7/h3-6H,1-2H3,(H,12,17)(H,18,19). The summed E-state index contributed by atoms with van der Waals surface area (Å²) < 4.78 is 1.37. The fourth-order valence-electron chi connectivity index (χ4n) is 1.52. The average molecular weight is 264 g/mol.